The Morgan fingerprint density at radius 3 is 2.42 bits per heavy atom. The zero-order chi connectivity index (χ0) is 13.9. The first-order chi connectivity index (χ1) is 9.10. The molecule has 19 heavy (non-hydrogen) atoms. The maximum absolute atomic E-state index is 12.5. The molecule has 1 amide bonds. The fraction of sp³-hybridized carbons (Fsp3) is 0.500. The molecule has 3 nitrogen and oxygen atoms in total. The Morgan fingerprint density at radius 2 is 1.95 bits per heavy atom. The highest BCUT2D eigenvalue weighted by Gasteiger charge is 2.52. The van der Waals surface area contributed by atoms with Crippen LogP contribution in [0.3, 0.4) is 0 Å². The Kier molecular flexibility index (Phi) is 4.14. The molecular formula is C14H18F2N2O. The van der Waals surface area contributed by atoms with Gasteiger partial charge in [0, 0.05) is 13.1 Å². The lowest BCUT2D eigenvalue weighted by Gasteiger charge is -2.27. The third kappa shape index (κ3) is 2.92. The Balaban J connectivity index is 2.17. The van der Waals surface area contributed by atoms with Gasteiger partial charge in [-0.25, -0.2) is 8.78 Å². The third-order valence-electron chi connectivity index (χ3n) is 3.53. The summed E-state index contributed by atoms with van der Waals surface area (Å²) in [6, 6.07) is 9.37. The number of hydrogen-bond acceptors (Lipinski definition) is 2. The highest BCUT2D eigenvalue weighted by Crippen LogP contribution is 2.49. The standard InChI is InChI=1S/C14H18F2N2O/c15-12(16)10-18(9-8-17)13(19)14(6-7-14)11-4-2-1-3-5-11/h1-5,12H,6-10,17H2. The highest BCUT2D eigenvalue weighted by atomic mass is 19.3. The van der Waals surface area contributed by atoms with Gasteiger partial charge in [-0.3, -0.25) is 4.79 Å². The van der Waals surface area contributed by atoms with Crippen LogP contribution < -0.4 is 5.73 Å². The van der Waals surface area contributed by atoms with Crippen LogP contribution in [0.25, 0.3) is 0 Å². The smallest absolute Gasteiger partial charge is 0.255 e. The number of nitrogens with zero attached hydrogens (tertiary/aromatic N) is 1. The topological polar surface area (TPSA) is 46.3 Å². The summed E-state index contributed by atoms with van der Waals surface area (Å²) in [7, 11) is 0. The lowest BCUT2D eigenvalue weighted by atomic mass is 9.94. The molecule has 0 spiro atoms. The zero-order valence-corrected chi connectivity index (χ0v) is 10.7. The highest BCUT2D eigenvalue weighted by molar-refractivity contribution is 5.91. The van der Waals surface area contributed by atoms with Gasteiger partial charge < -0.3 is 10.6 Å². The maximum atomic E-state index is 12.5. The number of benzene rings is 1. The van der Waals surface area contributed by atoms with Crippen molar-refractivity contribution in [2.45, 2.75) is 24.7 Å². The Bertz CT molecular complexity index is 432. The molecule has 1 aliphatic rings. The number of halogens is 2. The number of nitrogens with two attached hydrogens (primary N) is 1. The number of rotatable bonds is 6. The van der Waals surface area contributed by atoms with Crippen LogP contribution >= 0.6 is 0 Å². The van der Waals surface area contributed by atoms with Crippen molar-refractivity contribution < 1.29 is 13.6 Å². The molecule has 5 heteroatoms. The number of hydrogen-bond donors (Lipinski definition) is 1. The third-order valence-corrected chi connectivity index (χ3v) is 3.53. The molecule has 0 aliphatic heterocycles. The molecular weight excluding hydrogens is 250 g/mol. The van der Waals surface area contributed by atoms with E-state index in [1.165, 1.54) is 4.90 Å². The molecule has 2 rings (SSSR count). The van der Waals surface area contributed by atoms with E-state index >= 15 is 0 Å². The summed E-state index contributed by atoms with van der Waals surface area (Å²) in [4.78, 5) is 13.7. The van der Waals surface area contributed by atoms with E-state index in [4.69, 9.17) is 5.73 Å². The molecule has 0 bridgehead atoms. The van der Waals surface area contributed by atoms with Gasteiger partial charge in [-0.15, -0.1) is 0 Å². The van der Waals surface area contributed by atoms with Crippen LogP contribution in [-0.4, -0.2) is 36.9 Å². The number of alkyl halides is 2. The second-order valence-corrected chi connectivity index (χ2v) is 4.88. The van der Waals surface area contributed by atoms with Crippen LogP contribution in [0.1, 0.15) is 18.4 Å². The molecule has 0 unspecified atom stereocenters. The first-order valence-corrected chi connectivity index (χ1v) is 6.43. The molecule has 2 N–H and O–H groups in total. The minimum Gasteiger partial charge on any atom is -0.335 e. The Morgan fingerprint density at radius 1 is 1.32 bits per heavy atom. The predicted molar refractivity (Wildman–Crippen MR) is 69.0 cm³/mol. The summed E-state index contributed by atoms with van der Waals surface area (Å²) in [5, 5.41) is 0. The van der Waals surface area contributed by atoms with Gasteiger partial charge in [0.05, 0.1) is 12.0 Å². The molecule has 0 heterocycles. The minimum absolute atomic E-state index is 0.178. The van der Waals surface area contributed by atoms with Crippen molar-refractivity contribution in [3.05, 3.63) is 35.9 Å². The van der Waals surface area contributed by atoms with Gasteiger partial charge in [0.15, 0.2) is 0 Å². The quantitative estimate of drug-likeness (QED) is 0.854. The number of carbonyl (C=O) groups is 1. The van der Waals surface area contributed by atoms with Crippen LogP contribution in [0.5, 0.6) is 0 Å². The molecule has 1 aliphatic carbocycles. The van der Waals surface area contributed by atoms with Crippen LogP contribution in [-0.2, 0) is 10.2 Å². The van der Waals surface area contributed by atoms with Gasteiger partial charge in [-0.1, -0.05) is 30.3 Å². The fourth-order valence-corrected chi connectivity index (χ4v) is 2.41. The first kappa shape index (κ1) is 13.9. The van der Waals surface area contributed by atoms with Crippen molar-refractivity contribution in [2.24, 2.45) is 5.73 Å². The van der Waals surface area contributed by atoms with Crippen LogP contribution in [0.15, 0.2) is 30.3 Å². The molecule has 0 atom stereocenters. The molecule has 1 fully saturated rings. The van der Waals surface area contributed by atoms with E-state index in [1.54, 1.807) is 0 Å². The monoisotopic (exact) mass is 268 g/mol. The van der Waals surface area contributed by atoms with Crippen molar-refractivity contribution in [3.63, 3.8) is 0 Å². The fourth-order valence-electron chi connectivity index (χ4n) is 2.41. The van der Waals surface area contributed by atoms with Crippen molar-refractivity contribution in [2.75, 3.05) is 19.6 Å². The number of amides is 1. The van der Waals surface area contributed by atoms with Crippen LogP contribution in [0, 0.1) is 0 Å². The normalized spacial score (nSPS) is 16.4. The SMILES string of the molecule is NCCN(CC(F)F)C(=O)C1(c2ccccc2)CC1. The lowest BCUT2D eigenvalue weighted by molar-refractivity contribution is -0.135. The number of carbonyl (C=O) groups excluding carboxylic acids is 1. The van der Waals surface area contributed by atoms with E-state index in [-0.39, 0.29) is 19.0 Å². The Hall–Kier alpha value is -1.49. The van der Waals surface area contributed by atoms with Gasteiger partial charge in [0.1, 0.15) is 0 Å². The van der Waals surface area contributed by atoms with Gasteiger partial charge in [0.2, 0.25) is 5.91 Å². The average molecular weight is 268 g/mol. The lowest BCUT2D eigenvalue weighted by Crippen LogP contribution is -2.44. The summed E-state index contributed by atoms with van der Waals surface area (Å²) in [5.74, 6) is -0.218. The summed E-state index contributed by atoms with van der Waals surface area (Å²) in [6.45, 7) is -0.161. The summed E-state index contributed by atoms with van der Waals surface area (Å²) in [6.07, 6.45) is -1.08. The van der Waals surface area contributed by atoms with Gasteiger partial charge >= 0.3 is 0 Å². The van der Waals surface area contributed by atoms with Gasteiger partial charge in [0.25, 0.3) is 6.43 Å². The molecule has 104 valence electrons. The van der Waals surface area contributed by atoms with Crippen LogP contribution in [0.2, 0.25) is 0 Å². The van der Waals surface area contributed by atoms with Gasteiger partial charge in [-0.05, 0) is 18.4 Å². The molecule has 1 aromatic rings. The summed E-state index contributed by atoms with van der Waals surface area (Å²) in [5.41, 5.74) is 5.73. The van der Waals surface area contributed by atoms with E-state index in [9.17, 15) is 13.6 Å². The predicted octanol–water partition coefficient (Wildman–Crippen LogP) is 1.77. The van der Waals surface area contributed by atoms with E-state index in [0.29, 0.717) is 0 Å². The van der Waals surface area contributed by atoms with E-state index in [1.807, 2.05) is 30.3 Å². The molecule has 0 aromatic heterocycles. The second kappa shape index (κ2) is 5.65. The Labute approximate surface area is 111 Å². The van der Waals surface area contributed by atoms with Crippen molar-refractivity contribution >= 4 is 5.91 Å². The van der Waals surface area contributed by atoms with Crippen LogP contribution in [0.4, 0.5) is 8.78 Å². The maximum Gasteiger partial charge on any atom is 0.255 e. The average Bonchev–Trinajstić information content (AvgIpc) is 3.19. The molecule has 1 saturated carbocycles. The minimum atomic E-state index is -2.53. The second-order valence-electron chi connectivity index (χ2n) is 4.88. The molecule has 0 saturated heterocycles. The van der Waals surface area contributed by atoms with Crippen molar-refractivity contribution in [1.29, 1.82) is 0 Å². The van der Waals surface area contributed by atoms with E-state index in [0.717, 1.165) is 18.4 Å². The largest absolute Gasteiger partial charge is 0.335 e. The van der Waals surface area contributed by atoms with E-state index < -0.39 is 18.4 Å². The zero-order valence-electron chi connectivity index (χ0n) is 10.7. The summed E-state index contributed by atoms with van der Waals surface area (Å²) >= 11 is 0. The van der Waals surface area contributed by atoms with Crippen molar-refractivity contribution in [1.82, 2.24) is 4.90 Å². The molecule has 1 aromatic carbocycles. The molecule has 0 radical (unpaired) electrons. The van der Waals surface area contributed by atoms with E-state index in [2.05, 4.69) is 0 Å². The van der Waals surface area contributed by atoms with Crippen molar-refractivity contribution in [3.8, 4) is 0 Å². The summed E-state index contributed by atoms with van der Waals surface area (Å²) < 4.78 is 25.1. The first-order valence-electron chi connectivity index (χ1n) is 6.43. The van der Waals surface area contributed by atoms with Gasteiger partial charge in [-0.2, -0.15) is 0 Å².